The highest BCUT2D eigenvalue weighted by Gasteiger charge is 2.36. The normalized spacial score (nSPS) is 12.8. The Bertz CT molecular complexity index is 672. The van der Waals surface area contributed by atoms with Gasteiger partial charge in [-0.3, -0.25) is 4.57 Å². The lowest BCUT2D eigenvalue weighted by Crippen LogP contribution is -2.20. The molecule has 0 saturated carbocycles. The summed E-state index contributed by atoms with van der Waals surface area (Å²) in [6.07, 6.45) is -4.57. The summed E-state index contributed by atoms with van der Waals surface area (Å²) in [5.41, 5.74) is -1.56. The van der Waals surface area contributed by atoms with Gasteiger partial charge in [0.2, 0.25) is 5.28 Å². The molecule has 0 fully saturated rings. The van der Waals surface area contributed by atoms with Gasteiger partial charge in [-0.1, -0.05) is 32.4 Å². The summed E-state index contributed by atoms with van der Waals surface area (Å²) in [6, 6.07) is 3.49. The average molecular weight is 338 g/mol. The summed E-state index contributed by atoms with van der Waals surface area (Å²) in [5.74, 6) is 0.334. The van der Waals surface area contributed by atoms with Gasteiger partial charge in [0.25, 0.3) is 0 Å². The molecule has 114 valence electrons. The first-order valence-corrected chi connectivity index (χ1v) is 6.76. The molecule has 2 rings (SSSR count). The first-order chi connectivity index (χ1) is 9.51. The van der Waals surface area contributed by atoms with Crippen LogP contribution in [-0.2, 0) is 11.6 Å². The van der Waals surface area contributed by atoms with Crippen LogP contribution in [0.25, 0.3) is 5.69 Å². The van der Waals surface area contributed by atoms with Gasteiger partial charge in [0.1, 0.15) is 5.82 Å². The van der Waals surface area contributed by atoms with Crippen molar-refractivity contribution in [3.8, 4) is 5.69 Å². The number of halogens is 5. The third kappa shape index (κ3) is 3.16. The Morgan fingerprint density at radius 2 is 1.67 bits per heavy atom. The molecule has 1 heterocycles. The first-order valence-electron chi connectivity index (χ1n) is 6.00. The largest absolute Gasteiger partial charge is 0.418 e. The third-order valence-electron chi connectivity index (χ3n) is 2.80. The molecule has 0 N–H and O–H groups in total. The molecule has 0 atom stereocenters. The number of benzene rings is 1. The Morgan fingerprint density at radius 1 is 1.05 bits per heavy atom. The second kappa shape index (κ2) is 5.18. The van der Waals surface area contributed by atoms with E-state index in [0.29, 0.717) is 5.82 Å². The number of rotatable bonds is 1. The van der Waals surface area contributed by atoms with Crippen molar-refractivity contribution in [2.75, 3.05) is 0 Å². The highest BCUT2D eigenvalue weighted by atomic mass is 35.5. The molecule has 8 heteroatoms. The molecule has 0 radical (unpaired) electrons. The standard InChI is InChI=1S/C13H12Cl2F3N3/c1-12(2,3)10-19-20-11(15)21(10)9-5-4-7(14)6-8(9)13(16,17)18/h4-6H,1-3H3. The van der Waals surface area contributed by atoms with Gasteiger partial charge >= 0.3 is 6.18 Å². The second-order valence-electron chi connectivity index (χ2n) is 5.54. The van der Waals surface area contributed by atoms with Crippen LogP contribution in [0.5, 0.6) is 0 Å². The van der Waals surface area contributed by atoms with Crippen LogP contribution in [0.15, 0.2) is 18.2 Å². The number of hydrogen-bond acceptors (Lipinski definition) is 2. The summed E-state index contributed by atoms with van der Waals surface area (Å²) in [5, 5.41) is 7.43. The van der Waals surface area contributed by atoms with Crippen molar-refractivity contribution in [3.05, 3.63) is 39.9 Å². The van der Waals surface area contributed by atoms with E-state index in [4.69, 9.17) is 23.2 Å². The predicted molar refractivity (Wildman–Crippen MR) is 75.1 cm³/mol. The lowest BCUT2D eigenvalue weighted by atomic mass is 9.95. The zero-order valence-electron chi connectivity index (χ0n) is 11.5. The van der Waals surface area contributed by atoms with Crippen LogP contribution in [0.3, 0.4) is 0 Å². The van der Waals surface area contributed by atoms with Crippen LogP contribution in [0.4, 0.5) is 13.2 Å². The smallest absolute Gasteiger partial charge is 0.269 e. The fraction of sp³-hybridized carbons (Fsp3) is 0.385. The number of aromatic nitrogens is 3. The minimum atomic E-state index is -4.57. The van der Waals surface area contributed by atoms with E-state index in [0.717, 1.165) is 6.07 Å². The lowest BCUT2D eigenvalue weighted by molar-refractivity contribution is -0.137. The molecule has 0 saturated heterocycles. The Hall–Kier alpha value is -1.27. The van der Waals surface area contributed by atoms with Crippen LogP contribution < -0.4 is 0 Å². The maximum atomic E-state index is 13.2. The molecule has 1 aromatic carbocycles. The van der Waals surface area contributed by atoms with Crippen molar-refractivity contribution in [2.45, 2.75) is 32.4 Å². The molecular formula is C13H12Cl2F3N3. The average Bonchev–Trinajstić information content (AvgIpc) is 2.70. The van der Waals surface area contributed by atoms with Crippen LogP contribution in [0.2, 0.25) is 10.3 Å². The van der Waals surface area contributed by atoms with Gasteiger partial charge < -0.3 is 0 Å². The summed E-state index contributed by atoms with van der Waals surface area (Å²) < 4.78 is 40.9. The van der Waals surface area contributed by atoms with E-state index in [1.807, 2.05) is 20.8 Å². The molecule has 0 amide bonds. The summed E-state index contributed by atoms with van der Waals surface area (Å²) in [7, 11) is 0. The van der Waals surface area contributed by atoms with Crippen molar-refractivity contribution in [2.24, 2.45) is 0 Å². The highest BCUT2D eigenvalue weighted by Crippen LogP contribution is 2.38. The third-order valence-corrected chi connectivity index (χ3v) is 3.28. The monoisotopic (exact) mass is 337 g/mol. The molecule has 1 aromatic heterocycles. The Balaban J connectivity index is 2.77. The van der Waals surface area contributed by atoms with Gasteiger partial charge in [-0.05, 0) is 29.8 Å². The van der Waals surface area contributed by atoms with Crippen molar-refractivity contribution >= 4 is 23.2 Å². The van der Waals surface area contributed by atoms with E-state index in [1.54, 1.807) is 0 Å². The molecule has 0 bridgehead atoms. The SMILES string of the molecule is CC(C)(C)c1nnc(Cl)n1-c1ccc(Cl)cc1C(F)(F)F. The maximum Gasteiger partial charge on any atom is 0.418 e. The number of hydrogen-bond donors (Lipinski definition) is 0. The summed E-state index contributed by atoms with van der Waals surface area (Å²) >= 11 is 11.6. The van der Waals surface area contributed by atoms with Crippen molar-refractivity contribution < 1.29 is 13.2 Å². The Kier molecular flexibility index (Phi) is 3.97. The zero-order valence-corrected chi connectivity index (χ0v) is 13.0. The second-order valence-corrected chi connectivity index (χ2v) is 6.31. The quantitative estimate of drug-likeness (QED) is 0.741. The fourth-order valence-electron chi connectivity index (χ4n) is 1.89. The first kappa shape index (κ1) is 16.1. The molecule has 0 unspecified atom stereocenters. The van der Waals surface area contributed by atoms with Gasteiger partial charge in [-0.2, -0.15) is 13.2 Å². The minimum absolute atomic E-state index is 0.00687. The number of nitrogens with zero attached hydrogens (tertiary/aromatic N) is 3. The van der Waals surface area contributed by atoms with E-state index in [2.05, 4.69) is 10.2 Å². The molecule has 3 nitrogen and oxygen atoms in total. The lowest BCUT2D eigenvalue weighted by Gasteiger charge is -2.21. The summed E-state index contributed by atoms with van der Waals surface area (Å²) in [4.78, 5) is 0. The molecule has 0 aliphatic heterocycles. The van der Waals surface area contributed by atoms with E-state index in [9.17, 15) is 13.2 Å². The highest BCUT2D eigenvalue weighted by molar-refractivity contribution is 6.30. The molecule has 0 aliphatic rings. The summed E-state index contributed by atoms with van der Waals surface area (Å²) in [6.45, 7) is 5.44. The van der Waals surface area contributed by atoms with E-state index in [-0.39, 0.29) is 16.0 Å². The van der Waals surface area contributed by atoms with Crippen LogP contribution in [0.1, 0.15) is 32.2 Å². The Labute approximate surface area is 129 Å². The van der Waals surface area contributed by atoms with E-state index < -0.39 is 17.2 Å². The molecule has 0 aliphatic carbocycles. The van der Waals surface area contributed by atoms with Crippen molar-refractivity contribution in [1.82, 2.24) is 14.8 Å². The van der Waals surface area contributed by atoms with E-state index in [1.165, 1.54) is 16.7 Å². The molecule has 0 spiro atoms. The predicted octanol–water partition coefficient (Wildman–Crippen LogP) is 4.89. The topological polar surface area (TPSA) is 30.7 Å². The Morgan fingerprint density at radius 3 is 2.19 bits per heavy atom. The zero-order chi connectivity index (χ0) is 16.0. The molecule has 21 heavy (non-hydrogen) atoms. The van der Waals surface area contributed by atoms with Gasteiger partial charge in [0, 0.05) is 10.4 Å². The van der Waals surface area contributed by atoms with Gasteiger partial charge in [0.15, 0.2) is 0 Å². The molecular weight excluding hydrogens is 326 g/mol. The maximum absolute atomic E-state index is 13.2. The van der Waals surface area contributed by atoms with Gasteiger partial charge in [-0.15, -0.1) is 10.2 Å². The molecule has 2 aromatic rings. The van der Waals surface area contributed by atoms with Crippen LogP contribution >= 0.6 is 23.2 Å². The minimum Gasteiger partial charge on any atom is -0.269 e. The van der Waals surface area contributed by atoms with Crippen molar-refractivity contribution in [3.63, 3.8) is 0 Å². The van der Waals surface area contributed by atoms with Crippen LogP contribution in [-0.4, -0.2) is 14.8 Å². The fourth-order valence-corrected chi connectivity index (χ4v) is 2.28. The van der Waals surface area contributed by atoms with Crippen LogP contribution in [0, 0.1) is 0 Å². The number of alkyl halides is 3. The van der Waals surface area contributed by atoms with E-state index >= 15 is 0 Å². The van der Waals surface area contributed by atoms with Crippen molar-refractivity contribution in [1.29, 1.82) is 0 Å². The van der Waals surface area contributed by atoms with Gasteiger partial charge in [-0.25, -0.2) is 0 Å². The van der Waals surface area contributed by atoms with Gasteiger partial charge in [0.05, 0.1) is 11.3 Å².